The predicted molar refractivity (Wildman–Crippen MR) is 89.8 cm³/mol. The lowest BCUT2D eigenvalue weighted by molar-refractivity contribution is 0.0220. The van der Waals surface area contributed by atoms with E-state index in [4.69, 9.17) is 4.74 Å². The zero-order valence-corrected chi connectivity index (χ0v) is 13.3. The number of ether oxygens (including phenoxy) is 1. The summed E-state index contributed by atoms with van der Waals surface area (Å²) in [5.41, 5.74) is 2.15. The molecule has 2 heterocycles. The van der Waals surface area contributed by atoms with Crippen molar-refractivity contribution in [3.05, 3.63) is 72.1 Å². The number of hydrogen-bond donors (Lipinski definition) is 0. The van der Waals surface area contributed by atoms with Gasteiger partial charge in [0, 0.05) is 13.1 Å². The molecule has 6 heteroatoms. The van der Waals surface area contributed by atoms with E-state index in [-0.39, 0.29) is 6.04 Å². The van der Waals surface area contributed by atoms with Crippen molar-refractivity contribution < 1.29 is 4.74 Å². The molecule has 1 atom stereocenters. The van der Waals surface area contributed by atoms with Gasteiger partial charge in [-0.15, -0.1) is 5.10 Å². The molecule has 2 aromatic carbocycles. The van der Waals surface area contributed by atoms with Crippen LogP contribution in [0.1, 0.15) is 17.4 Å². The molecule has 6 nitrogen and oxygen atoms in total. The standard InChI is InChI=1S/C18H19N5O/c1-3-7-15(8-4-1)17(22-11-13-24-14-12-22)18-19-20-21-23(18)16-9-5-2-6-10-16/h1-10,17H,11-14H2. The van der Waals surface area contributed by atoms with Crippen molar-refractivity contribution in [1.29, 1.82) is 0 Å². The highest BCUT2D eigenvalue weighted by molar-refractivity contribution is 5.33. The zero-order valence-electron chi connectivity index (χ0n) is 13.3. The van der Waals surface area contributed by atoms with E-state index in [1.54, 1.807) is 0 Å². The van der Waals surface area contributed by atoms with E-state index < -0.39 is 0 Å². The molecule has 1 aliphatic heterocycles. The second-order valence-corrected chi connectivity index (χ2v) is 5.75. The van der Waals surface area contributed by atoms with Crippen LogP contribution in [0.25, 0.3) is 5.69 Å². The van der Waals surface area contributed by atoms with E-state index in [1.807, 2.05) is 41.1 Å². The van der Waals surface area contributed by atoms with Crippen LogP contribution in [0.4, 0.5) is 0 Å². The van der Waals surface area contributed by atoms with Crippen molar-refractivity contribution >= 4 is 0 Å². The van der Waals surface area contributed by atoms with Crippen LogP contribution in [0, 0.1) is 0 Å². The molecule has 0 N–H and O–H groups in total. The molecule has 0 bridgehead atoms. The van der Waals surface area contributed by atoms with Crippen molar-refractivity contribution in [2.45, 2.75) is 6.04 Å². The summed E-state index contributed by atoms with van der Waals surface area (Å²) < 4.78 is 7.34. The number of aromatic nitrogens is 4. The summed E-state index contributed by atoms with van der Waals surface area (Å²) in [5, 5.41) is 12.5. The Morgan fingerprint density at radius 2 is 1.54 bits per heavy atom. The van der Waals surface area contributed by atoms with Crippen molar-refractivity contribution in [1.82, 2.24) is 25.1 Å². The third-order valence-corrected chi connectivity index (χ3v) is 4.27. The molecule has 1 aromatic heterocycles. The molecule has 1 aliphatic rings. The average Bonchev–Trinajstić information content (AvgIpc) is 3.14. The highest BCUT2D eigenvalue weighted by Crippen LogP contribution is 2.28. The predicted octanol–water partition coefficient (Wildman–Crippen LogP) is 2.08. The maximum Gasteiger partial charge on any atom is 0.178 e. The molecule has 1 saturated heterocycles. The van der Waals surface area contributed by atoms with E-state index in [9.17, 15) is 0 Å². The van der Waals surface area contributed by atoms with Gasteiger partial charge in [-0.3, -0.25) is 4.90 Å². The van der Waals surface area contributed by atoms with Gasteiger partial charge < -0.3 is 4.74 Å². The molecule has 3 aromatic rings. The van der Waals surface area contributed by atoms with Crippen molar-refractivity contribution in [3.63, 3.8) is 0 Å². The van der Waals surface area contributed by atoms with E-state index in [2.05, 4.69) is 44.7 Å². The molecule has 1 unspecified atom stereocenters. The number of hydrogen-bond acceptors (Lipinski definition) is 5. The summed E-state index contributed by atoms with van der Waals surface area (Å²) in [6.45, 7) is 3.19. The van der Waals surface area contributed by atoms with Gasteiger partial charge in [0.15, 0.2) is 5.82 Å². The molecule has 4 rings (SSSR count). The Balaban J connectivity index is 1.78. The second-order valence-electron chi connectivity index (χ2n) is 5.75. The first kappa shape index (κ1) is 15.0. The van der Waals surface area contributed by atoms with Crippen LogP contribution < -0.4 is 0 Å². The number of rotatable bonds is 4. The fourth-order valence-corrected chi connectivity index (χ4v) is 3.11. The molecule has 0 aliphatic carbocycles. The van der Waals surface area contributed by atoms with Crippen LogP contribution in [0.5, 0.6) is 0 Å². The average molecular weight is 321 g/mol. The lowest BCUT2D eigenvalue weighted by Gasteiger charge is -2.33. The minimum Gasteiger partial charge on any atom is -0.379 e. The number of para-hydroxylation sites is 1. The minimum atomic E-state index is 0.00491. The molecule has 24 heavy (non-hydrogen) atoms. The lowest BCUT2D eigenvalue weighted by Crippen LogP contribution is -2.40. The number of morpholine rings is 1. The van der Waals surface area contributed by atoms with Gasteiger partial charge in [-0.1, -0.05) is 48.5 Å². The Kier molecular flexibility index (Phi) is 4.31. The van der Waals surface area contributed by atoms with Crippen LogP contribution in [0.2, 0.25) is 0 Å². The van der Waals surface area contributed by atoms with Gasteiger partial charge in [-0.25, -0.2) is 0 Å². The van der Waals surface area contributed by atoms with E-state index in [0.717, 1.165) is 37.8 Å². The summed E-state index contributed by atoms with van der Waals surface area (Å²) in [5.74, 6) is 0.828. The molecular weight excluding hydrogens is 302 g/mol. The molecule has 0 spiro atoms. The maximum absolute atomic E-state index is 5.52. The Labute approximate surface area is 140 Å². The highest BCUT2D eigenvalue weighted by Gasteiger charge is 2.29. The van der Waals surface area contributed by atoms with Crippen LogP contribution in [0.3, 0.4) is 0 Å². The summed E-state index contributed by atoms with van der Waals surface area (Å²) in [6, 6.07) is 20.4. The summed E-state index contributed by atoms with van der Waals surface area (Å²) in [4.78, 5) is 2.38. The van der Waals surface area contributed by atoms with E-state index in [1.165, 1.54) is 5.56 Å². The number of tetrazole rings is 1. The monoisotopic (exact) mass is 321 g/mol. The third kappa shape index (κ3) is 2.93. The molecule has 0 amide bonds. The summed E-state index contributed by atoms with van der Waals surface area (Å²) >= 11 is 0. The summed E-state index contributed by atoms with van der Waals surface area (Å²) in [6.07, 6.45) is 0. The van der Waals surface area contributed by atoms with Gasteiger partial charge in [0.25, 0.3) is 0 Å². The van der Waals surface area contributed by atoms with Crippen molar-refractivity contribution in [3.8, 4) is 5.69 Å². The normalized spacial score (nSPS) is 16.8. The van der Waals surface area contributed by atoms with E-state index >= 15 is 0 Å². The minimum absolute atomic E-state index is 0.00491. The first-order chi connectivity index (χ1) is 11.9. The quantitative estimate of drug-likeness (QED) is 0.736. The van der Waals surface area contributed by atoms with Crippen molar-refractivity contribution in [2.24, 2.45) is 0 Å². The van der Waals surface area contributed by atoms with Gasteiger partial charge in [-0.05, 0) is 28.1 Å². The van der Waals surface area contributed by atoms with Crippen LogP contribution in [-0.2, 0) is 4.74 Å². The second kappa shape index (κ2) is 6.90. The highest BCUT2D eigenvalue weighted by atomic mass is 16.5. The molecule has 1 fully saturated rings. The summed E-state index contributed by atoms with van der Waals surface area (Å²) in [7, 11) is 0. The van der Waals surface area contributed by atoms with Crippen molar-refractivity contribution in [2.75, 3.05) is 26.3 Å². The Bertz CT molecular complexity index is 768. The van der Waals surface area contributed by atoms with Gasteiger partial charge in [0.1, 0.15) is 0 Å². The van der Waals surface area contributed by atoms with Crippen LogP contribution in [0.15, 0.2) is 60.7 Å². The lowest BCUT2D eigenvalue weighted by atomic mass is 10.0. The SMILES string of the molecule is c1ccc(C(c2nnnn2-c2ccccc2)N2CCOCC2)cc1. The number of benzene rings is 2. The Hall–Kier alpha value is -2.57. The van der Waals surface area contributed by atoms with Gasteiger partial charge in [0.05, 0.1) is 24.9 Å². The Morgan fingerprint density at radius 3 is 2.25 bits per heavy atom. The maximum atomic E-state index is 5.52. The van der Waals surface area contributed by atoms with Gasteiger partial charge >= 0.3 is 0 Å². The topological polar surface area (TPSA) is 56.1 Å². The van der Waals surface area contributed by atoms with Crippen LogP contribution >= 0.6 is 0 Å². The first-order valence-electron chi connectivity index (χ1n) is 8.14. The van der Waals surface area contributed by atoms with Crippen LogP contribution in [-0.4, -0.2) is 51.4 Å². The smallest absolute Gasteiger partial charge is 0.178 e. The molecule has 0 radical (unpaired) electrons. The fraction of sp³-hybridized carbons (Fsp3) is 0.278. The van der Waals surface area contributed by atoms with Gasteiger partial charge in [0.2, 0.25) is 0 Å². The fourth-order valence-electron chi connectivity index (χ4n) is 3.11. The zero-order chi connectivity index (χ0) is 16.2. The van der Waals surface area contributed by atoms with Gasteiger partial charge in [-0.2, -0.15) is 4.68 Å². The Morgan fingerprint density at radius 1 is 0.875 bits per heavy atom. The largest absolute Gasteiger partial charge is 0.379 e. The molecular formula is C18H19N5O. The number of nitrogens with zero attached hydrogens (tertiary/aromatic N) is 5. The van der Waals surface area contributed by atoms with E-state index in [0.29, 0.717) is 0 Å². The third-order valence-electron chi connectivity index (χ3n) is 4.27. The first-order valence-corrected chi connectivity index (χ1v) is 8.14. The molecule has 0 saturated carbocycles. The molecule has 122 valence electrons.